The van der Waals surface area contributed by atoms with Crippen LogP contribution in [-0.2, 0) is 9.53 Å². The normalized spacial score (nSPS) is 38.6. The average Bonchev–Trinajstić information content (AvgIpc) is 2.64. The summed E-state index contributed by atoms with van der Waals surface area (Å²) in [5.41, 5.74) is 0. The SMILES string of the molecule is CCOC(=O)[C@H]1N[C@H]2CC[C@@H]1C2. The van der Waals surface area contributed by atoms with Crippen LogP contribution < -0.4 is 5.32 Å². The van der Waals surface area contributed by atoms with Gasteiger partial charge in [-0.05, 0) is 32.1 Å². The molecule has 1 saturated carbocycles. The third-order valence-electron chi connectivity index (χ3n) is 2.90. The van der Waals surface area contributed by atoms with Crippen molar-refractivity contribution in [2.75, 3.05) is 6.61 Å². The van der Waals surface area contributed by atoms with Gasteiger partial charge in [0.2, 0.25) is 0 Å². The van der Waals surface area contributed by atoms with Crippen LogP contribution in [0.3, 0.4) is 0 Å². The van der Waals surface area contributed by atoms with E-state index >= 15 is 0 Å². The summed E-state index contributed by atoms with van der Waals surface area (Å²) in [6.45, 7) is 2.35. The Kier molecular flexibility index (Phi) is 2.05. The number of piperidine rings is 1. The number of nitrogens with one attached hydrogen (secondary N) is 1. The molecule has 0 aromatic rings. The molecule has 3 heteroatoms. The van der Waals surface area contributed by atoms with Gasteiger partial charge in [0.05, 0.1) is 6.61 Å². The van der Waals surface area contributed by atoms with Crippen molar-refractivity contribution < 1.29 is 9.53 Å². The summed E-state index contributed by atoms with van der Waals surface area (Å²) >= 11 is 0. The average molecular weight is 169 g/mol. The lowest BCUT2D eigenvalue weighted by Crippen LogP contribution is -2.42. The first-order chi connectivity index (χ1) is 5.81. The number of rotatable bonds is 2. The van der Waals surface area contributed by atoms with Crippen LogP contribution in [0, 0.1) is 5.92 Å². The maximum absolute atomic E-state index is 11.4. The molecule has 12 heavy (non-hydrogen) atoms. The summed E-state index contributed by atoms with van der Waals surface area (Å²) in [4.78, 5) is 11.4. The Morgan fingerprint density at radius 2 is 2.42 bits per heavy atom. The molecule has 2 rings (SSSR count). The summed E-state index contributed by atoms with van der Waals surface area (Å²) in [7, 11) is 0. The predicted molar refractivity (Wildman–Crippen MR) is 44.7 cm³/mol. The Balaban J connectivity index is 1.93. The van der Waals surface area contributed by atoms with Crippen LogP contribution in [0.1, 0.15) is 26.2 Å². The van der Waals surface area contributed by atoms with E-state index in [9.17, 15) is 4.79 Å². The Morgan fingerprint density at radius 1 is 1.58 bits per heavy atom. The lowest BCUT2D eigenvalue weighted by molar-refractivity contribution is -0.146. The van der Waals surface area contributed by atoms with Gasteiger partial charge < -0.3 is 10.1 Å². The first kappa shape index (κ1) is 8.05. The van der Waals surface area contributed by atoms with E-state index < -0.39 is 0 Å². The second-order valence-corrected chi connectivity index (χ2v) is 3.67. The molecule has 2 bridgehead atoms. The minimum Gasteiger partial charge on any atom is -0.465 e. The molecule has 3 atom stereocenters. The maximum atomic E-state index is 11.4. The first-order valence-electron chi connectivity index (χ1n) is 4.74. The Bertz CT molecular complexity index is 193. The van der Waals surface area contributed by atoms with E-state index in [2.05, 4.69) is 5.32 Å². The number of fused-ring (bicyclic) bond motifs is 2. The molecule has 0 amide bonds. The summed E-state index contributed by atoms with van der Waals surface area (Å²) in [6, 6.07) is 0.591. The number of carbonyl (C=O) groups is 1. The summed E-state index contributed by atoms with van der Waals surface area (Å²) in [6.07, 6.45) is 3.60. The van der Waals surface area contributed by atoms with Crippen molar-refractivity contribution in [2.24, 2.45) is 5.92 Å². The third-order valence-corrected chi connectivity index (χ3v) is 2.90. The molecule has 1 saturated heterocycles. The zero-order chi connectivity index (χ0) is 8.55. The fourth-order valence-electron chi connectivity index (χ4n) is 2.35. The number of carbonyl (C=O) groups excluding carboxylic acids is 1. The third kappa shape index (κ3) is 1.22. The highest BCUT2D eigenvalue weighted by molar-refractivity contribution is 5.76. The van der Waals surface area contributed by atoms with E-state index in [1.807, 2.05) is 6.92 Å². The smallest absolute Gasteiger partial charge is 0.323 e. The molecule has 68 valence electrons. The van der Waals surface area contributed by atoms with E-state index in [0.717, 1.165) is 0 Å². The van der Waals surface area contributed by atoms with Gasteiger partial charge in [-0.2, -0.15) is 0 Å². The van der Waals surface area contributed by atoms with Gasteiger partial charge in [0.1, 0.15) is 6.04 Å². The predicted octanol–water partition coefficient (Wildman–Crippen LogP) is 0.690. The van der Waals surface area contributed by atoms with E-state index in [-0.39, 0.29) is 12.0 Å². The first-order valence-corrected chi connectivity index (χ1v) is 4.74. The molecule has 0 aromatic heterocycles. The molecule has 2 aliphatic rings. The molecular formula is C9H15NO2. The molecule has 1 N–H and O–H groups in total. The van der Waals surface area contributed by atoms with Gasteiger partial charge in [-0.3, -0.25) is 4.79 Å². The van der Waals surface area contributed by atoms with E-state index in [4.69, 9.17) is 4.74 Å². The fourth-order valence-corrected chi connectivity index (χ4v) is 2.35. The topological polar surface area (TPSA) is 38.3 Å². The van der Waals surface area contributed by atoms with E-state index in [0.29, 0.717) is 18.6 Å². The van der Waals surface area contributed by atoms with E-state index in [1.54, 1.807) is 0 Å². The van der Waals surface area contributed by atoms with Crippen molar-refractivity contribution in [3.63, 3.8) is 0 Å². The van der Waals surface area contributed by atoms with Gasteiger partial charge in [-0.15, -0.1) is 0 Å². The molecule has 0 aromatic carbocycles. The molecule has 3 nitrogen and oxygen atoms in total. The molecule has 2 fully saturated rings. The number of hydrogen-bond donors (Lipinski definition) is 1. The standard InChI is InChI=1S/C9H15NO2/c1-2-12-9(11)8-6-3-4-7(5-6)10-8/h6-8,10H,2-5H2,1H3/t6-,7+,8+/m1/s1. The van der Waals surface area contributed by atoms with Crippen LogP contribution in [0.2, 0.25) is 0 Å². The van der Waals surface area contributed by atoms with Gasteiger partial charge in [0.15, 0.2) is 0 Å². The molecule has 1 aliphatic heterocycles. The number of hydrogen-bond acceptors (Lipinski definition) is 3. The second kappa shape index (κ2) is 3.05. The molecule has 1 heterocycles. The highest BCUT2D eigenvalue weighted by Crippen LogP contribution is 2.35. The van der Waals surface area contributed by atoms with Gasteiger partial charge in [0, 0.05) is 6.04 Å². The fraction of sp³-hybridized carbons (Fsp3) is 0.889. The van der Waals surface area contributed by atoms with Gasteiger partial charge >= 0.3 is 5.97 Å². The van der Waals surface area contributed by atoms with E-state index in [1.165, 1.54) is 19.3 Å². The zero-order valence-electron chi connectivity index (χ0n) is 7.38. The largest absolute Gasteiger partial charge is 0.465 e. The highest BCUT2D eigenvalue weighted by atomic mass is 16.5. The van der Waals surface area contributed by atoms with Gasteiger partial charge in [0.25, 0.3) is 0 Å². The lowest BCUT2D eigenvalue weighted by Gasteiger charge is -2.20. The minimum absolute atomic E-state index is 0.00343. The van der Waals surface area contributed by atoms with Crippen LogP contribution >= 0.6 is 0 Å². The summed E-state index contributed by atoms with van der Waals surface area (Å²) < 4.78 is 4.98. The summed E-state index contributed by atoms with van der Waals surface area (Å²) in [5.74, 6) is 0.499. The van der Waals surface area contributed by atoms with Crippen molar-refractivity contribution >= 4 is 5.97 Å². The van der Waals surface area contributed by atoms with Crippen LogP contribution in [0.15, 0.2) is 0 Å². The Morgan fingerprint density at radius 3 is 2.92 bits per heavy atom. The quantitative estimate of drug-likeness (QED) is 0.618. The molecular weight excluding hydrogens is 154 g/mol. The monoisotopic (exact) mass is 169 g/mol. The molecule has 0 radical (unpaired) electrons. The Labute approximate surface area is 72.5 Å². The molecule has 1 aliphatic carbocycles. The van der Waals surface area contributed by atoms with Crippen LogP contribution in [0.25, 0.3) is 0 Å². The van der Waals surface area contributed by atoms with Crippen LogP contribution in [0.5, 0.6) is 0 Å². The van der Waals surface area contributed by atoms with Gasteiger partial charge in [-0.1, -0.05) is 0 Å². The van der Waals surface area contributed by atoms with Crippen molar-refractivity contribution in [2.45, 2.75) is 38.3 Å². The minimum atomic E-state index is -0.0512. The number of ether oxygens (including phenoxy) is 1. The van der Waals surface area contributed by atoms with Crippen molar-refractivity contribution in [3.05, 3.63) is 0 Å². The second-order valence-electron chi connectivity index (χ2n) is 3.67. The zero-order valence-corrected chi connectivity index (χ0v) is 7.38. The van der Waals surface area contributed by atoms with Crippen molar-refractivity contribution in [3.8, 4) is 0 Å². The van der Waals surface area contributed by atoms with Crippen molar-refractivity contribution in [1.82, 2.24) is 5.32 Å². The van der Waals surface area contributed by atoms with Gasteiger partial charge in [-0.25, -0.2) is 0 Å². The Hall–Kier alpha value is -0.570. The maximum Gasteiger partial charge on any atom is 0.323 e. The number of esters is 1. The van der Waals surface area contributed by atoms with Crippen LogP contribution in [-0.4, -0.2) is 24.7 Å². The lowest BCUT2D eigenvalue weighted by atomic mass is 10.0. The summed E-state index contributed by atoms with van der Waals surface area (Å²) in [5, 5.41) is 3.30. The van der Waals surface area contributed by atoms with Crippen LogP contribution in [0.4, 0.5) is 0 Å². The molecule has 0 spiro atoms. The molecule has 0 unspecified atom stereocenters. The van der Waals surface area contributed by atoms with Crippen molar-refractivity contribution in [1.29, 1.82) is 0 Å². The highest BCUT2D eigenvalue weighted by Gasteiger charge is 2.43.